The number of nitrogens with zero attached hydrogens (tertiary/aromatic N) is 1. The first-order valence-electron chi connectivity index (χ1n) is 21.4. The standard InChI is InChI=1S/C58H41NSSi2/c1-4-19-42(20-5-1)43-35-37-45(38-36-43)59(50-28-18-22-44-21-10-11-27-49(44)50)46-39-40-57-58(41-46)61(47-23-6-2-7-24-47,48-25-8-3-9-26-48)55-33-16-17-34-56(55)62(57)53-31-14-12-29-51(53)60-52-30-13-15-32-54(52)62/h1-41H. The van der Waals surface area contributed by atoms with E-state index in [4.69, 9.17) is 0 Å². The van der Waals surface area contributed by atoms with Crippen molar-refractivity contribution in [3.8, 4) is 11.1 Å². The molecule has 0 saturated carbocycles. The largest absolute Gasteiger partial charge is 0.310 e. The highest BCUT2D eigenvalue weighted by Crippen LogP contribution is 2.40. The lowest BCUT2D eigenvalue weighted by Gasteiger charge is -2.50. The molecule has 0 unspecified atom stereocenters. The maximum absolute atomic E-state index is 3.01. The molecule has 0 atom stereocenters. The third-order valence-corrected chi connectivity index (χ3v) is 25.1. The van der Waals surface area contributed by atoms with Crippen LogP contribution in [0.1, 0.15) is 0 Å². The fourth-order valence-electron chi connectivity index (χ4n) is 10.7. The second-order valence-electron chi connectivity index (χ2n) is 16.3. The minimum Gasteiger partial charge on any atom is -0.310 e. The van der Waals surface area contributed by atoms with Gasteiger partial charge in [-0.2, -0.15) is 0 Å². The van der Waals surface area contributed by atoms with E-state index in [0.717, 1.165) is 17.1 Å². The van der Waals surface area contributed by atoms with Gasteiger partial charge in [0.2, 0.25) is 0 Å². The first kappa shape index (κ1) is 36.9. The van der Waals surface area contributed by atoms with Crippen molar-refractivity contribution in [2.45, 2.75) is 9.79 Å². The highest BCUT2D eigenvalue weighted by molar-refractivity contribution is 8.00. The van der Waals surface area contributed by atoms with Gasteiger partial charge in [-0.15, -0.1) is 0 Å². The van der Waals surface area contributed by atoms with Gasteiger partial charge in [0.15, 0.2) is 16.1 Å². The highest BCUT2D eigenvalue weighted by Gasteiger charge is 2.58. The summed E-state index contributed by atoms with van der Waals surface area (Å²) >= 11 is 1.93. The molecule has 2 aliphatic heterocycles. The Morgan fingerprint density at radius 3 is 1.42 bits per heavy atom. The molecule has 4 heteroatoms. The zero-order valence-corrected chi connectivity index (χ0v) is 36.8. The Kier molecular flexibility index (Phi) is 8.85. The molecule has 0 radical (unpaired) electrons. The third-order valence-electron chi connectivity index (χ3n) is 13.3. The minimum atomic E-state index is -3.01. The van der Waals surface area contributed by atoms with Gasteiger partial charge < -0.3 is 4.90 Å². The molecule has 0 N–H and O–H groups in total. The van der Waals surface area contributed by atoms with Crippen LogP contribution < -0.4 is 46.4 Å². The molecule has 1 spiro atoms. The fourth-order valence-corrected chi connectivity index (χ4v) is 25.0. The predicted octanol–water partition coefficient (Wildman–Crippen LogP) is 9.51. The summed E-state index contributed by atoms with van der Waals surface area (Å²) in [6, 6.07) is 94.3. The molecule has 0 bridgehead atoms. The molecule has 10 aromatic rings. The lowest BCUT2D eigenvalue weighted by atomic mass is 10.0. The molecular weight excluding hydrogens is 799 g/mol. The van der Waals surface area contributed by atoms with Crippen LogP contribution in [0, 0.1) is 0 Å². The van der Waals surface area contributed by atoms with E-state index in [0.29, 0.717) is 0 Å². The molecule has 292 valence electrons. The molecule has 0 amide bonds. The Balaban J connectivity index is 1.22. The number of fused-ring (bicyclic) bond motifs is 9. The van der Waals surface area contributed by atoms with Crippen LogP contribution in [0.2, 0.25) is 0 Å². The van der Waals surface area contributed by atoms with Gasteiger partial charge in [-0.05, 0) is 100 Å². The van der Waals surface area contributed by atoms with Crippen molar-refractivity contribution in [2.75, 3.05) is 4.90 Å². The maximum Gasteiger partial charge on any atom is 0.181 e. The second kappa shape index (κ2) is 14.9. The summed E-state index contributed by atoms with van der Waals surface area (Å²) in [6.07, 6.45) is 0. The summed E-state index contributed by atoms with van der Waals surface area (Å²) < 4.78 is 0. The highest BCUT2D eigenvalue weighted by atomic mass is 32.2. The molecule has 0 saturated heterocycles. The van der Waals surface area contributed by atoms with Gasteiger partial charge in [-0.1, -0.05) is 218 Å². The smallest absolute Gasteiger partial charge is 0.181 e. The summed E-state index contributed by atoms with van der Waals surface area (Å²) in [4.78, 5) is 5.25. The van der Waals surface area contributed by atoms with Crippen molar-refractivity contribution in [3.05, 3.63) is 249 Å². The topological polar surface area (TPSA) is 3.24 Å². The van der Waals surface area contributed by atoms with Gasteiger partial charge in [0, 0.05) is 26.6 Å². The number of benzene rings is 10. The lowest BCUT2D eigenvalue weighted by molar-refractivity contribution is 1.30. The molecule has 1 nitrogen and oxygen atoms in total. The van der Waals surface area contributed by atoms with Crippen LogP contribution in [0.4, 0.5) is 17.1 Å². The van der Waals surface area contributed by atoms with Gasteiger partial charge >= 0.3 is 0 Å². The Labute approximate surface area is 369 Å². The number of anilines is 3. The van der Waals surface area contributed by atoms with Crippen LogP contribution in [0.5, 0.6) is 0 Å². The molecule has 2 heterocycles. The molecular formula is C58H41NSSi2. The Morgan fingerprint density at radius 1 is 0.306 bits per heavy atom. The number of rotatable bonds is 6. The first-order valence-corrected chi connectivity index (χ1v) is 26.2. The molecule has 62 heavy (non-hydrogen) atoms. The van der Waals surface area contributed by atoms with E-state index in [1.54, 1.807) is 0 Å². The van der Waals surface area contributed by atoms with E-state index in [-0.39, 0.29) is 0 Å². The van der Waals surface area contributed by atoms with Gasteiger partial charge in [0.25, 0.3) is 0 Å². The van der Waals surface area contributed by atoms with Gasteiger partial charge in [0.05, 0.1) is 5.69 Å². The molecule has 0 fully saturated rings. The van der Waals surface area contributed by atoms with Crippen molar-refractivity contribution < 1.29 is 0 Å². The maximum atomic E-state index is 2.63. The summed E-state index contributed by atoms with van der Waals surface area (Å²) in [6.45, 7) is 0. The third kappa shape index (κ3) is 5.47. The van der Waals surface area contributed by atoms with Crippen LogP contribution in [0.25, 0.3) is 21.9 Å². The number of hydrogen-bond acceptors (Lipinski definition) is 2. The van der Waals surface area contributed by atoms with Gasteiger partial charge in [-0.3, -0.25) is 0 Å². The molecule has 10 aromatic carbocycles. The van der Waals surface area contributed by atoms with Gasteiger partial charge in [-0.25, -0.2) is 0 Å². The van der Waals surface area contributed by atoms with Crippen molar-refractivity contribution in [3.63, 3.8) is 0 Å². The zero-order chi connectivity index (χ0) is 41.1. The Morgan fingerprint density at radius 2 is 0.774 bits per heavy atom. The summed E-state index contributed by atoms with van der Waals surface area (Å²) in [5.74, 6) is 0. The molecule has 12 rings (SSSR count). The zero-order valence-electron chi connectivity index (χ0n) is 34.0. The van der Waals surface area contributed by atoms with Crippen molar-refractivity contribution in [1.82, 2.24) is 0 Å². The van der Waals surface area contributed by atoms with E-state index in [9.17, 15) is 0 Å². The summed E-state index contributed by atoms with van der Waals surface area (Å²) in [7, 11) is -5.93. The van der Waals surface area contributed by atoms with Crippen LogP contribution in [-0.2, 0) is 0 Å². The molecule has 0 aromatic heterocycles. The lowest BCUT2D eigenvalue weighted by Crippen LogP contribution is -2.93. The second-order valence-corrected chi connectivity index (χ2v) is 24.8. The van der Waals surface area contributed by atoms with E-state index in [2.05, 4.69) is 254 Å². The SMILES string of the molecule is c1ccc(-c2ccc(N(c3ccc4c(c3)[Si](c3ccccc3)(c3ccccc3)c3ccccc3[Si]43c4ccccc4Sc4ccccc43)c3cccc4ccccc34)cc2)cc1. The molecule has 2 aliphatic rings. The van der Waals surface area contributed by atoms with E-state index in [1.165, 1.54) is 73.2 Å². The molecule has 0 aliphatic carbocycles. The van der Waals surface area contributed by atoms with Crippen molar-refractivity contribution in [1.29, 1.82) is 0 Å². The Hall–Kier alpha value is -6.96. The minimum absolute atomic E-state index is 1.13. The van der Waals surface area contributed by atoms with E-state index < -0.39 is 16.1 Å². The predicted molar refractivity (Wildman–Crippen MR) is 269 cm³/mol. The monoisotopic (exact) mass is 839 g/mol. The average molecular weight is 840 g/mol. The summed E-state index contributed by atoms with van der Waals surface area (Å²) in [5, 5.41) is 14.2. The van der Waals surface area contributed by atoms with Crippen LogP contribution in [0.15, 0.2) is 259 Å². The normalized spacial score (nSPS) is 14.0. The quantitative estimate of drug-likeness (QED) is 0.154. The fraction of sp³-hybridized carbons (Fsp3) is 0. The van der Waals surface area contributed by atoms with Crippen LogP contribution in [0.3, 0.4) is 0 Å². The van der Waals surface area contributed by atoms with Crippen LogP contribution in [-0.4, -0.2) is 16.1 Å². The van der Waals surface area contributed by atoms with Gasteiger partial charge in [0.1, 0.15) is 0 Å². The summed E-state index contributed by atoms with van der Waals surface area (Å²) in [5.41, 5.74) is 5.86. The van der Waals surface area contributed by atoms with E-state index in [1.807, 2.05) is 11.8 Å². The van der Waals surface area contributed by atoms with E-state index >= 15 is 0 Å². The van der Waals surface area contributed by atoms with Crippen molar-refractivity contribution >= 4 is 97.2 Å². The Bertz CT molecular complexity index is 3190. The average Bonchev–Trinajstić information content (AvgIpc) is 3.35. The first-order chi connectivity index (χ1) is 30.8. The van der Waals surface area contributed by atoms with Crippen LogP contribution >= 0.6 is 11.8 Å². The van der Waals surface area contributed by atoms with Crippen molar-refractivity contribution in [2.24, 2.45) is 0 Å². The number of hydrogen-bond donors (Lipinski definition) is 0.